The van der Waals surface area contributed by atoms with E-state index in [0.29, 0.717) is 0 Å². The molecule has 4 heteroatoms. The summed E-state index contributed by atoms with van der Waals surface area (Å²) in [6.07, 6.45) is 14.5. The van der Waals surface area contributed by atoms with Crippen LogP contribution in [-0.2, 0) is 22.9 Å². The Balaban J connectivity index is 0.000000960. The molecule has 0 N–H and O–H groups in total. The molecule has 1 aromatic rings. The first-order valence-electron chi connectivity index (χ1n) is 8.08. The summed E-state index contributed by atoms with van der Waals surface area (Å²) in [5, 5.41) is 1.92. The van der Waals surface area contributed by atoms with Gasteiger partial charge in [0, 0.05) is 0 Å². The zero-order chi connectivity index (χ0) is 14.2. The van der Waals surface area contributed by atoms with Crippen molar-refractivity contribution >= 4 is 14.0 Å². The molecule has 1 aromatic carbocycles. The molecule has 0 radical (unpaired) electrons. The van der Waals surface area contributed by atoms with Crippen molar-refractivity contribution in [3.63, 3.8) is 0 Å². The van der Waals surface area contributed by atoms with Crippen LogP contribution in [0.5, 0.6) is 0 Å². The van der Waals surface area contributed by atoms with Crippen LogP contribution in [0.25, 0.3) is 6.08 Å². The van der Waals surface area contributed by atoms with Crippen molar-refractivity contribution in [1.82, 2.24) is 0 Å². The Morgan fingerprint density at radius 2 is 2.04 bits per heavy atom. The summed E-state index contributed by atoms with van der Waals surface area (Å²) in [4.78, 5) is 0. The van der Waals surface area contributed by atoms with Crippen LogP contribution in [-0.4, -0.2) is 12.3 Å². The summed E-state index contributed by atoms with van der Waals surface area (Å²) in [6, 6.07) is 9.03. The molecule has 0 spiro atoms. The van der Waals surface area contributed by atoms with Crippen LogP contribution < -0.4 is 9.41 Å². The van der Waals surface area contributed by atoms with Crippen molar-refractivity contribution in [2.45, 2.75) is 29.9 Å². The molecular weight excluding hydrogens is 476 g/mol. The van der Waals surface area contributed by atoms with Crippen LogP contribution in [0.4, 0.5) is 0 Å². The van der Waals surface area contributed by atoms with Crippen LogP contribution in [0, 0.1) is 0 Å². The van der Waals surface area contributed by atoms with Crippen LogP contribution >= 0.6 is 7.92 Å². The third-order valence-electron chi connectivity index (χ3n) is 4.73. The van der Waals surface area contributed by atoms with E-state index in [1.54, 1.807) is 11.1 Å². The average Bonchev–Trinajstić information content (AvgIpc) is 3.02. The molecule has 1 saturated heterocycles. The fourth-order valence-corrected chi connectivity index (χ4v) is 13.9. The van der Waals surface area contributed by atoms with Gasteiger partial charge in [0.05, 0.1) is 0 Å². The Bertz CT molecular complexity index is 663. The first-order chi connectivity index (χ1) is 10.4. The molecule has 0 amide bonds. The minimum Gasteiger partial charge on any atom is -1.00 e. The maximum absolute atomic E-state index is 2.56. The number of unbranched alkanes of at least 4 members (excludes halogenated alkanes) is 1. The quantitative estimate of drug-likeness (QED) is 0.387. The van der Waals surface area contributed by atoms with Crippen molar-refractivity contribution in [2.75, 3.05) is 12.3 Å². The fourth-order valence-electron chi connectivity index (χ4n) is 3.57. The van der Waals surface area contributed by atoms with Gasteiger partial charge >= 0.3 is 141 Å². The summed E-state index contributed by atoms with van der Waals surface area (Å²) in [6.45, 7) is 2.33. The van der Waals surface area contributed by atoms with E-state index in [9.17, 15) is 0 Å². The summed E-state index contributed by atoms with van der Waals surface area (Å²) < 4.78 is 2.78. The van der Waals surface area contributed by atoms with E-state index >= 15 is 0 Å². The maximum Gasteiger partial charge on any atom is -1.00 e. The summed E-state index contributed by atoms with van der Waals surface area (Å²) in [7, 11) is 0.265. The number of halogens is 2. The van der Waals surface area contributed by atoms with Gasteiger partial charge in [-0.2, -0.15) is 0 Å². The Morgan fingerprint density at radius 3 is 2.87 bits per heavy atom. The largest absolute Gasteiger partial charge is 1.00 e. The Hall–Kier alpha value is -0.400. The van der Waals surface area contributed by atoms with E-state index in [-0.39, 0.29) is 17.3 Å². The molecule has 2 aliphatic carbocycles. The predicted molar refractivity (Wildman–Crippen MR) is 89.5 cm³/mol. The maximum atomic E-state index is 2.56. The topological polar surface area (TPSA) is 0 Å². The molecule has 2 atom stereocenters. The van der Waals surface area contributed by atoms with Crippen molar-refractivity contribution in [3.8, 4) is 0 Å². The minimum atomic E-state index is -0.742. The van der Waals surface area contributed by atoms with Gasteiger partial charge in [-0.3, -0.25) is 0 Å². The first-order valence-corrected chi connectivity index (χ1v) is 13.7. The minimum absolute atomic E-state index is 0. The molecular formula is C19H21F2HfP. The SMILES string of the molecule is CCCCP1CC2=CC[C]([Hf+2][CH]3C=Cc4ccccc43)=C21.[F-].[F-]. The number of allylic oxidation sites excluding steroid dienone is 5. The van der Waals surface area contributed by atoms with E-state index in [0.717, 1.165) is 3.67 Å². The molecule has 2 unspecified atom stereocenters. The van der Waals surface area contributed by atoms with Crippen molar-refractivity contribution in [2.24, 2.45) is 0 Å². The number of benzene rings is 1. The number of hydrogen-bond donors (Lipinski definition) is 0. The zero-order valence-corrected chi connectivity index (χ0v) is 17.8. The zero-order valence-electron chi connectivity index (χ0n) is 13.4. The molecule has 0 nitrogen and oxygen atoms in total. The summed E-state index contributed by atoms with van der Waals surface area (Å²) in [5.41, 5.74) is 4.86. The van der Waals surface area contributed by atoms with Crippen LogP contribution in [0.2, 0.25) is 0 Å². The van der Waals surface area contributed by atoms with Gasteiger partial charge in [0.25, 0.3) is 0 Å². The smallest absolute Gasteiger partial charge is 1.00 e. The molecule has 1 aliphatic heterocycles. The Labute approximate surface area is 150 Å². The van der Waals surface area contributed by atoms with Crippen molar-refractivity contribution in [3.05, 3.63) is 61.8 Å². The summed E-state index contributed by atoms with van der Waals surface area (Å²) in [5.74, 6) is 0. The standard InChI is InChI=1S/C10H14P.C9H7.2FH.Hf/c1-2-3-7-11-8-9-5-4-6-10(9)11;1-2-5-9-7-3-6-8(9)4-1;;;/h5H,2-4,7-8H2,1H3;1-7H;2*1H;/q;;;;+2/p-2. The third kappa shape index (κ3) is 3.51. The normalized spacial score (nSPS) is 23.1. The second-order valence-corrected chi connectivity index (χ2v) is 13.9. The van der Waals surface area contributed by atoms with Crippen LogP contribution in [0.1, 0.15) is 41.0 Å². The molecule has 120 valence electrons. The second kappa shape index (κ2) is 8.12. The molecule has 1 heterocycles. The van der Waals surface area contributed by atoms with Gasteiger partial charge in [-0.1, -0.05) is 0 Å². The van der Waals surface area contributed by atoms with Crippen LogP contribution in [0.3, 0.4) is 0 Å². The summed E-state index contributed by atoms with van der Waals surface area (Å²) >= 11 is -0.742. The number of fused-ring (bicyclic) bond motifs is 2. The van der Waals surface area contributed by atoms with Gasteiger partial charge < -0.3 is 9.41 Å². The van der Waals surface area contributed by atoms with Crippen molar-refractivity contribution in [1.29, 1.82) is 0 Å². The van der Waals surface area contributed by atoms with E-state index in [1.165, 1.54) is 37.1 Å². The third-order valence-corrected chi connectivity index (χ3v) is 14.1. The molecule has 0 bridgehead atoms. The van der Waals surface area contributed by atoms with E-state index < -0.39 is 22.9 Å². The molecule has 3 aliphatic rings. The number of hydrogen-bond acceptors (Lipinski definition) is 0. The number of rotatable bonds is 5. The van der Waals surface area contributed by atoms with Gasteiger partial charge in [0.2, 0.25) is 0 Å². The van der Waals surface area contributed by atoms with Crippen molar-refractivity contribution < 1.29 is 32.3 Å². The molecule has 4 rings (SSSR count). The average molecular weight is 497 g/mol. The van der Waals surface area contributed by atoms with Gasteiger partial charge in [0.15, 0.2) is 0 Å². The van der Waals surface area contributed by atoms with Crippen LogP contribution in [0.15, 0.2) is 50.6 Å². The predicted octanol–water partition coefficient (Wildman–Crippen LogP) is -0.318. The van der Waals surface area contributed by atoms with E-state index in [4.69, 9.17) is 0 Å². The Kier molecular flexibility index (Phi) is 6.68. The van der Waals surface area contributed by atoms with E-state index in [1.807, 2.05) is 8.64 Å². The molecule has 0 saturated carbocycles. The monoisotopic (exact) mass is 498 g/mol. The fraction of sp³-hybridized carbons (Fsp3) is 0.368. The Morgan fingerprint density at radius 1 is 1.22 bits per heavy atom. The van der Waals surface area contributed by atoms with E-state index in [2.05, 4.69) is 49.4 Å². The molecule has 0 aromatic heterocycles. The van der Waals surface area contributed by atoms with Gasteiger partial charge in [-0.15, -0.1) is 0 Å². The van der Waals surface area contributed by atoms with Gasteiger partial charge in [-0.05, 0) is 0 Å². The second-order valence-electron chi connectivity index (χ2n) is 6.15. The van der Waals surface area contributed by atoms with Gasteiger partial charge in [0.1, 0.15) is 0 Å². The molecule has 1 fully saturated rings. The molecule has 23 heavy (non-hydrogen) atoms. The first kappa shape index (κ1) is 18.9. The van der Waals surface area contributed by atoms with Gasteiger partial charge in [-0.25, -0.2) is 0 Å².